The third kappa shape index (κ3) is 2.81. The number of nitrogens with two attached hydrogens (primary N) is 2. The lowest BCUT2D eigenvalue weighted by Gasteiger charge is -2.18. The number of fused-ring (bicyclic) bond motifs is 1. The van der Waals surface area contributed by atoms with E-state index in [0.717, 1.165) is 4.57 Å². The van der Waals surface area contributed by atoms with E-state index >= 15 is 0 Å². The highest BCUT2D eigenvalue weighted by atomic mass is 32.1. The molecule has 0 aliphatic rings. The number of pyridine rings is 1. The number of nitrogen functional groups attached to an aromatic ring is 1. The summed E-state index contributed by atoms with van der Waals surface area (Å²) in [4.78, 5) is 23.9. The van der Waals surface area contributed by atoms with E-state index in [9.17, 15) is 27.9 Å². The van der Waals surface area contributed by atoms with Crippen LogP contribution in [0.2, 0.25) is 0 Å². The van der Waals surface area contributed by atoms with Crippen molar-refractivity contribution < 1.29 is 23.1 Å². The molecular weight excluding hydrogens is 383 g/mol. The lowest BCUT2D eigenvalue weighted by Crippen LogP contribution is -2.27. The molecule has 2 aromatic heterocycles. The molecule has 0 bridgehead atoms. The molecule has 3 rings (SSSR count). The Balaban J connectivity index is 2.55. The molecular formula is C17H14F3N3O3S. The minimum atomic E-state index is -4.69. The molecule has 1 aromatic carbocycles. The Hall–Kier alpha value is -3.01. The van der Waals surface area contributed by atoms with Gasteiger partial charge in [0.2, 0.25) is 0 Å². The van der Waals surface area contributed by atoms with Crippen LogP contribution in [0.1, 0.15) is 26.4 Å². The number of alkyl halides is 3. The van der Waals surface area contributed by atoms with Gasteiger partial charge in [-0.15, -0.1) is 11.3 Å². The molecule has 0 radical (unpaired) electrons. The van der Waals surface area contributed by atoms with Gasteiger partial charge in [-0.1, -0.05) is 6.07 Å². The number of nitrogens with zero attached hydrogens (tertiary/aromatic N) is 1. The molecule has 0 saturated heterocycles. The summed E-state index contributed by atoms with van der Waals surface area (Å²) in [6.07, 6.45) is -4.69. The second-order valence-corrected chi connectivity index (χ2v) is 7.04. The van der Waals surface area contributed by atoms with Gasteiger partial charge in [-0.25, -0.2) is 0 Å². The molecule has 27 heavy (non-hydrogen) atoms. The van der Waals surface area contributed by atoms with E-state index in [0.29, 0.717) is 11.6 Å². The molecule has 6 nitrogen and oxygen atoms in total. The zero-order chi connectivity index (χ0) is 20.3. The van der Waals surface area contributed by atoms with Crippen molar-refractivity contribution >= 4 is 33.1 Å². The van der Waals surface area contributed by atoms with Crippen LogP contribution in [0, 0.1) is 13.8 Å². The number of hydrogen-bond acceptors (Lipinski definition) is 5. The Morgan fingerprint density at radius 1 is 1.26 bits per heavy atom. The Morgan fingerprint density at radius 2 is 1.89 bits per heavy atom. The number of halogens is 3. The van der Waals surface area contributed by atoms with E-state index in [1.807, 2.05) is 0 Å². The van der Waals surface area contributed by atoms with Crippen molar-refractivity contribution in [2.24, 2.45) is 5.73 Å². The van der Waals surface area contributed by atoms with Crippen LogP contribution in [0.4, 0.5) is 19.0 Å². The molecule has 5 N–H and O–H groups in total. The minimum Gasteiger partial charge on any atom is -0.508 e. The Bertz CT molecular complexity index is 1160. The van der Waals surface area contributed by atoms with Crippen LogP contribution >= 0.6 is 11.3 Å². The van der Waals surface area contributed by atoms with E-state index in [-0.39, 0.29) is 49.8 Å². The first kappa shape index (κ1) is 18.8. The molecule has 0 aliphatic carbocycles. The van der Waals surface area contributed by atoms with Gasteiger partial charge in [0, 0.05) is 5.56 Å². The zero-order valence-electron chi connectivity index (χ0n) is 14.1. The summed E-state index contributed by atoms with van der Waals surface area (Å²) in [5, 5.41) is 9.65. The predicted molar refractivity (Wildman–Crippen MR) is 96.5 cm³/mol. The lowest BCUT2D eigenvalue weighted by atomic mass is 10.1. The molecule has 0 fully saturated rings. The highest BCUT2D eigenvalue weighted by Crippen LogP contribution is 2.40. The normalized spacial score (nSPS) is 11.9. The fourth-order valence-corrected chi connectivity index (χ4v) is 4.04. The second kappa shape index (κ2) is 6.02. The summed E-state index contributed by atoms with van der Waals surface area (Å²) >= 11 is 0.234. The van der Waals surface area contributed by atoms with Crippen molar-refractivity contribution in [3.63, 3.8) is 0 Å². The molecule has 142 valence electrons. The van der Waals surface area contributed by atoms with Gasteiger partial charge in [0.25, 0.3) is 11.5 Å². The van der Waals surface area contributed by atoms with Gasteiger partial charge in [0.05, 0.1) is 21.3 Å². The van der Waals surface area contributed by atoms with Crippen LogP contribution in [-0.4, -0.2) is 15.6 Å². The van der Waals surface area contributed by atoms with Crippen LogP contribution in [0.15, 0.2) is 23.0 Å². The summed E-state index contributed by atoms with van der Waals surface area (Å²) in [5.41, 5.74) is 11.1. The topological polar surface area (TPSA) is 111 Å². The number of aromatic hydroxyl groups is 1. The predicted octanol–water partition coefficient (Wildman–Crippen LogP) is 3.07. The lowest BCUT2D eigenvalue weighted by molar-refractivity contribution is -0.134. The van der Waals surface area contributed by atoms with Gasteiger partial charge in [-0.05, 0) is 31.5 Å². The number of aromatic nitrogens is 1. The van der Waals surface area contributed by atoms with Gasteiger partial charge < -0.3 is 16.6 Å². The molecule has 3 aromatic rings. The van der Waals surface area contributed by atoms with Crippen molar-refractivity contribution in [1.82, 2.24) is 4.57 Å². The van der Waals surface area contributed by atoms with Crippen molar-refractivity contribution in [2.75, 3.05) is 5.73 Å². The number of phenols is 1. The van der Waals surface area contributed by atoms with Gasteiger partial charge in [0.1, 0.15) is 16.4 Å². The third-order valence-corrected chi connectivity index (χ3v) is 5.44. The van der Waals surface area contributed by atoms with Crippen molar-refractivity contribution in [3.05, 3.63) is 50.1 Å². The number of anilines is 1. The summed E-state index contributed by atoms with van der Waals surface area (Å²) < 4.78 is 40.0. The van der Waals surface area contributed by atoms with Crippen LogP contribution in [0.3, 0.4) is 0 Å². The number of benzene rings is 1. The van der Waals surface area contributed by atoms with E-state index in [1.54, 1.807) is 6.92 Å². The molecule has 10 heteroatoms. The van der Waals surface area contributed by atoms with E-state index < -0.39 is 22.5 Å². The highest BCUT2D eigenvalue weighted by molar-refractivity contribution is 7.19. The first-order valence-corrected chi connectivity index (χ1v) is 8.41. The number of aryl methyl sites for hydroxylation is 1. The molecule has 0 spiro atoms. The number of rotatable bonds is 2. The number of thiophene rings is 1. The fourth-order valence-electron chi connectivity index (χ4n) is 2.96. The van der Waals surface area contributed by atoms with Gasteiger partial charge in [-0.3, -0.25) is 14.2 Å². The monoisotopic (exact) mass is 397 g/mol. The Labute approximate surface area is 154 Å². The van der Waals surface area contributed by atoms with Crippen molar-refractivity contribution in [3.8, 4) is 11.4 Å². The zero-order valence-corrected chi connectivity index (χ0v) is 15.0. The maximum atomic E-state index is 13.1. The van der Waals surface area contributed by atoms with Gasteiger partial charge in [-0.2, -0.15) is 13.2 Å². The van der Waals surface area contributed by atoms with Crippen molar-refractivity contribution in [1.29, 1.82) is 0 Å². The van der Waals surface area contributed by atoms with Crippen LogP contribution in [-0.2, 0) is 6.18 Å². The first-order chi connectivity index (χ1) is 12.4. The number of phenolic OH excluding ortho intramolecular Hbond substituents is 1. The quantitative estimate of drug-likeness (QED) is 0.617. The van der Waals surface area contributed by atoms with Gasteiger partial charge in [0.15, 0.2) is 0 Å². The third-order valence-electron chi connectivity index (χ3n) is 4.24. The van der Waals surface area contributed by atoms with Crippen LogP contribution < -0.4 is 17.0 Å². The fraction of sp³-hybridized carbons (Fsp3) is 0.176. The Morgan fingerprint density at radius 3 is 2.44 bits per heavy atom. The molecule has 1 amide bonds. The number of carbonyl (C=O) groups excluding carboxylic acids is 1. The largest absolute Gasteiger partial charge is 0.508 e. The Kier molecular flexibility index (Phi) is 4.18. The van der Waals surface area contributed by atoms with E-state index in [1.165, 1.54) is 19.1 Å². The average Bonchev–Trinajstić information content (AvgIpc) is 2.99. The molecule has 0 aliphatic heterocycles. The second-order valence-electron chi connectivity index (χ2n) is 5.99. The maximum Gasteiger partial charge on any atom is 0.425 e. The van der Waals surface area contributed by atoms with E-state index in [2.05, 4.69) is 0 Å². The number of primary amides is 1. The van der Waals surface area contributed by atoms with Crippen LogP contribution in [0.5, 0.6) is 5.75 Å². The molecule has 2 heterocycles. The number of hydrogen-bond donors (Lipinski definition) is 3. The number of carbonyl (C=O) groups is 1. The van der Waals surface area contributed by atoms with Crippen LogP contribution in [0.25, 0.3) is 15.8 Å². The number of amides is 1. The smallest absolute Gasteiger partial charge is 0.425 e. The minimum absolute atomic E-state index is 0.135. The summed E-state index contributed by atoms with van der Waals surface area (Å²) in [7, 11) is 0. The molecule has 0 atom stereocenters. The summed E-state index contributed by atoms with van der Waals surface area (Å²) in [6.45, 7) is 3.16. The maximum absolute atomic E-state index is 13.1. The highest BCUT2D eigenvalue weighted by Gasteiger charge is 2.35. The first-order valence-electron chi connectivity index (χ1n) is 7.59. The molecule has 0 unspecified atom stereocenters. The summed E-state index contributed by atoms with van der Waals surface area (Å²) in [5.74, 6) is -1.58. The molecule has 0 saturated carbocycles. The van der Waals surface area contributed by atoms with Gasteiger partial charge >= 0.3 is 6.18 Å². The summed E-state index contributed by atoms with van der Waals surface area (Å²) in [6, 6.07) is 3.61. The average molecular weight is 397 g/mol. The standard InChI is InChI=1S/C17H14F3N3O3S/c1-6-3-4-9(24)7(2)12(6)23-14(21)11(15(22)25)13-8(16(23)26)5-10(27-13)17(18,19)20/h3-5,24H,21H2,1-2H3,(H2,22,25). The van der Waals surface area contributed by atoms with Crippen molar-refractivity contribution in [2.45, 2.75) is 20.0 Å². The SMILES string of the molecule is Cc1ccc(O)c(C)c1-n1c(N)c(C(N)=O)c2sc(C(F)(F)F)cc2c1=O. The van der Waals surface area contributed by atoms with E-state index in [4.69, 9.17) is 11.5 Å².